The Kier molecular flexibility index (Phi) is 9.05. The van der Waals surface area contributed by atoms with Crippen molar-refractivity contribution in [1.29, 1.82) is 0 Å². The van der Waals surface area contributed by atoms with Crippen molar-refractivity contribution in [1.82, 2.24) is 10.6 Å². The SMILES string of the molecule is CNC(=S)NCCCCCCC(C)C. The minimum Gasteiger partial charge on any atom is -0.366 e. The van der Waals surface area contributed by atoms with Gasteiger partial charge in [-0.05, 0) is 24.6 Å². The normalized spacial score (nSPS) is 10.3. The van der Waals surface area contributed by atoms with Gasteiger partial charge in [-0.2, -0.15) is 0 Å². The quantitative estimate of drug-likeness (QED) is 0.505. The van der Waals surface area contributed by atoms with Gasteiger partial charge in [-0.25, -0.2) is 0 Å². The zero-order valence-electron chi connectivity index (χ0n) is 9.73. The van der Waals surface area contributed by atoms with E-state index in [9.17, 15) is 0 Å². The van der Waals surface area contributed by atoms with Crippen LogP contribution in [0.3, 0.4) is 0 Å². The summed E-state index contributed by atoms with van der Waals surface area (Å²) >= 11 is 4.97. The molecule has 0 amide bonds. The van der Waals surface area contributed by atoms with E-state index in [0.29, 0.717) is 0 Å². The summed E-state index contributed by atoms with van der Waals surface area (Å²) in [5.41, 5.74) is 0. The van der Waals surface area contributed by atoms with E-state index in [1.54, 1.807) is 0 Å². The summed E-state index contributed by atoms with van der Waals surface area (Å²) in [6, 6.07) is 0. The summed E-state index contributed by atoms with van der Waals surface area (Å²) in [5, 5.41) is 6.81. The largest absolute Gasteiger partial charge is 0.366 e. The number of thiocarbonyl (C=S) groups is 1. The van der Waals surface area contributed by atoms with E-state index in [1.807, 2.05) is 7.05 Å². The Bertz CT molecular complexity index is 146. The minimum atomic E-state index is 0.757. The maximum Gasteiger partial charge on any atom is 0.166 e. The molecule has 0 spiro atoms. The number of rotatable bonds is 7. The van der Waals surface area contributed by atoms with Gasteiger partial charge in [0.15, 0.2) is 5.11 Å². The lowest BCUT2D eigenvalue weighted by molar-refractivity contribution is 0.519. The molecule has 0 unspecified atom stereocenters. The molecule has 3 heteroatoms. The van der Waals surface area contributed by atoms with Crippen LogP contribution in [0.2, 0.25) is 0 Å². The van der Waals surface area contributed by atoms with Crippen LogP contribution in [0.4, 0.5) is 0 Å². The Labute approximate surface area is 93.8 Å². The molecule has 0 saturated heterocycles. The second-order valence-corrected chi connectivity index (χ2v) is 4.51. The number of nitrogens with one attached hydrogen (secondary N) is 2. The van der Waals surface area contributed by atoms with Crippen LogP contribution >= 0.6 is 12.2 Å². The molecule has 0 aromatic rings. The van der Waals surface area contributed by atoms with Crippen LogP contribution in [0.1, 0.15) is 46.0 Å². The average molecular weight is 216 g/mol. The molecule has 14 heavy (non-hydrogen) atoms. The van der Waals surface area contributed by atoms with Crippen molar-refractivity contribution < 1.29 is 0 Å². The molecule has 84 valence electrons. The summed E-state index contributed by atoms with van der Waals surface area (Å²) < 4.78 is 0. The van der Waals surface area contributed by atoms with Gasteiger partial charge in [0.25, 0.3) is 0 Å². The Balaban J connectivity index is 3.03. The first-order valence-electron chi connectivity index (χ1n) is 5.62. The van der Waals surface area contributed by atoms with E-state index in [2.05, 4.69) is 24.5 Å². The summed E-state index contributed by atoms with van der Waals surface area (Å²) in [6.07, 6.45) is 6.62. The fraction of sp³-hybridized carbons (Fsp3) is 0.909. The van der Waals surface area contributed by atoms with Gasteiger partial charge < -0.3 is 10.6 Å². The number of hydrogen-bond acceptors (Lipinski definition) is 1. The van der Waals surface area contributed by atoms with Crippen molar-refractivity contribution in [3.63, 3.8) is 0 Å². The fourth-order valence-corrected chi connectivity index (χ4v) is 1.42. The minimum absolute atomic E-state index is 0.757. The van der Waals surface area contributed by atoms with E-state index in [1.165, 1.54) is 32.1 Å². The smallest absolute Gasteiger partial charge is 0.166 e. The molecule has 0 bridgehead atoms. The highest BCUT2D eigenvalue weighted by atomic mass is 32.1. The summed E-state index contributed by atoms with van der Waals surface area (Å²) in [5.74, 6) is 0.852. The predicted molar refractivity (Wildman–Crippen MR) is 67.6 cm³/mol. The lowest BCUT2D eigenvalue weighted by atomic mass is 10.0. The van der Waals surface area contributed by atoms with Crippen LogP contribution in [0.15, 0.2) is 0 Å². The van der Waals surface area contributed by atoms with Crippen LogP contribution in [0, 0.1) is 5.92 Å². The van der Waals surface area contributed by atoms with E-state index < -0.39 is 0 Å². The standard InChI is InChI=1S/C11H24N2S/c1-10(2)8-6-4-5-7-9-13-11(14)12-3/h10H,4-9H2,1-3H3,(H2,12,13,14). The Morgan fingerprint density at radius 3 is 2.36 bits per heavy atom. The van der Waals surface area contributed by atoms with E-state index in [-0.39, 0.29) is 0 Å². The molecule has 0 fully saturated rings. The molecule has 0 radical (unpaired) electrons. The van der Waals surface area contributed by atoms with Gasteiger partial charge in [0.1, 0.15) is 0 Å². The van der Waals surface area contributed by atoms with Crippen LogP contribution in [-0.4, -0.2) is 18.7 Å². The summed E-state index contributed by atoms with van der Waals surface area (Å²) in [6.45, 7) is 5.57. The van der Waals surface area contributed by atoms with Gasteiger partial charge in [-0.15, -0.1) is 0 Å². The molecular formula is C11H24N2S. The van der Waals surface area contributed by atoms with E-state index in [4.69, 9.17) is 12.2 Å². The first-order valence-corrected chi connectivity index (χ1v) is 6.03. The molecule has 0 aliphatic rings. The van der Waals surface area contributed by atoms with Crippen molar-refractivity contribution in [2.45, 2.75) is 46.0 Å². The molecular weight excluding hydrogens is 192 g/mol. The Hall–Kier alpha value is -0.310. The molecule has 0 heterocycles. The monoisotopic (exact) mass is 216 g/mol. The third-order valence-electron chi connectivity index (χ3n) is 2.22. The van der Waals surface area contributed by atoms with Crippen molar-refractivity contribution in [3.05, 3.63) is 0 Å². The summed E-state index contributed by atoms with van der Waals surface area (Å²) in [4.78, 5) is 0. The van der Waals surface area contributed by atoms with Crippen molar-refractivity contribution in [3.8, 4) is 0 Å². The zero-order chi connectivity index (χ0) is 10.8. The molecule has 0 aliphatic heterocycles. The highest BCUT2D eigenvalue weighted by Crippen LogP contribution is 2.08. The van der Waals surface area contributed by atoms with Crippen LogP contribution < -0.4 is 10.6 Å². The van der Waals surface area contributed by atoms with Crippen molar-refractivity contribution in [2.24, 2.45) is 5.92 Å². The third kappa shape index (κ3) is 9.78. The molecule has 0 saturated carbocycles. The van der Waals surface area contributed by atoms with Gasteiger partial charge in [0.2, 0.25) is 0 Å². The third-order valence-corrected chi connectivity index (χ3v) is 2.57. The maximum atomic E-state index is 4.97. The Morgan fingerprint density at radius 1 is 1.14 bits per heavy atom. The van der Waals surface area contributed by atoms with Crippen molar-refractivity contribution >= 4 is 17.3 Å². The maximum absolute atomic E-state index is 4.97. The van der Waals surface area contributed by atoms with Gasteiger partial charge in [-0.3, -0.25) is 0 Å². The van der Waals surface area contributed by atoms with Gasteiger partial charge in [0.05, 0.1) is 0 Å². The second-order valence-electron chi connectivity index (χ2n) is 4.10. The second kappa shape index (κ2) is 9.25. The van der Waals surface area contributed by atoms with Crippen LogP contribution in [0.25, 0.3) is 0 Å². The molecule has 0 aromatic carbocycles. The molecule has 0 atom stereocenters. The van der Waals surface area contributed by atoms with E-state index >= 15 is 0 Å². The van der Waals surface area contributed by atoms with E-state index in [0.717, 1.165) is 17.6 Å². The Morgan fingerprint density at radius 2 is 1.79 bits per heavy atom. The lowest BCUT2D eigenvalue weighted by Gasteiger charge is -2.07. The van der Waals surface area contributed by atoms with Crippen LogP contribution in [-0.2, 0) is 0 Å². The van der Waals surface area contributed by atoms with Crippen LogP contribution in [0.5, 0.6) is 0 Å². The highest BCUT2D eigenvalue weighted by molar-refractivity contribution is 7.80. The number of unbranched alkanes of at least 4 members (excludes halogenated alkanes) is 3. The molecule has 0 rings (SSSR count). The lowest BCUT2D eigenvalue weighted by Crippen LogP contribution is -2.32. The molecule has 2 nitrogen and oxygen atoms in total. The topological polar surface area (TPSA) is 24.1 Å². The molecule has 0 aromatic heterocycles. The first kappa shape index (κ1) is 13.7. The fourth-order valence-electron chi connectivity index (χ4n) is 1.32. The zero-order valence-corrected chi connectivity index (χ0v) is 10.5. The highest BCUT2D eigenvalue weighted by Gasteiger charge is 1.94. The molecule has 2 N–H and O–H groups in total. The average Bonchev–Trinajstić information content (AvgIpc) is 2.15. The first-order chi connectivity index (χ1) is 6.66. The van der Waals surface area contributed by atoms with Gasteiger partial charge >= 0.3 is 0 Å². The summed E-state index contributed by atoms with van der Waals surface area (Å²) in [7, 11) is 1.85. The van der Waals surface area contributed by atoms with Crippen molar-refractivity contribution in [2.75, 3.05) is 13.6 Å². The molecule has 0 aliphatic carbocycles. The predicted octanol–water partition coefficient (Wildman–Crippen LogP) is 2.69. The van der Waals surface area contributed by atoms with Gasteiger partial charge in [0, 0.05) is 13.6 Å². The van der Waals surface area contributed by atoms with Gasteiger partial charge in [-0.1, -0.05) is 39.5 Å². The number of hydrogen-bond donors (Lipinski definition) is 2.